The molecule has 2 amide bonds. The highest BCUT2D eigenvalue weighted by Crippen LogP contribution is 2.34. The fourth-order valence-corrected chi connectivity index (χ4v) is 1.78. The molecule has 0 saturated carbocycles. The number of benzene rings is 1. The maximum absolute atomic E-state index is 11.7. The number of anilines is 1. The minimum atomic E-state index is -0.538. The van der Waals surface area contributed by atoms with Crippen LogP contribution in [0.15, 0.2) is 12.1 Å². The highest BCUT2D eigenvalue weighted by molar-refractivity contribution is 6.02. The van der Waals surface area contributed by atoms with Crippen molar-refractivity contribution in [1.82, 2.24) is 0 Å². The molecule has 0 unspecified atom stereocenters. The predicted molar refractivity (Wildman–Crippen MR) is 63.0 cm³/mol. The average Bonchev–Trinajstić information content (AvgIpc) is 2.25. The van der Waals surface area contributed by atoms with Gasteiger partial charge in [-0.05, 0) is 37.1 Å². The first-order valence-electron chi connectivity index (χ1n) is 5.31. The van der Waals surface area contributed by atoms with Crippen LogP contribution >= 0.6 is 0 Å². The van der Waals surface area contributed by atoms with E-state index in [-0.39, 0.29) is 19.1 Å². The Morgan fingerprint density at radius 2 is 2.06 bits per heavy atom. The summed E-state index contributed by atoms with van der Waals surface area (Å²) in [6.07, 6.45) is 0. The van der Waals surface area contributed by atoms with Crippen LogP contribution in [0.3, 0.4) is 0 Å². The van der Waals surface area contributed by atoms with E-state index in [0.717, 1.165) is 11.1 Å². The summed E-state index contributed by atoms with van der Waals surface area (Å²) in [5, 5.41) is 0. The van der Waals surface area contributed by atoms with Gasteiger partial charge in [0.05, 0.1) is 5.69 Å². The molecule has 1 aliphatic heterocycles. The first-order valence-corrected chi connectivity index (χ1v) is 5.31. The van der Waals surface area contributed by atoms with Gasteiger partial charge in [-0.2, -0.15) is 0 Å². The minimum absolute atomic E-state index is 0.0528. The Balaban J connectivity index is 2.47. The monoisotopic (exact) mass is 234 g/mol. The maximum atomic E-state index is 11.7. The second kappa shape index (κ2) is 4.08. The zero-order valence-electron chi connectivity index (χ0n) is 9.82. The summed E-state index contributed by atoms with van der Waals surface area (Å²) < 4.78 is 5.34. The third-order valence-corrected chi connectivity index (χ3v) is 2.83. The highest BCUT2D eigenvalue weighted by Gasteiger charge is 2.27. The fourth-order valence-electron chi connectivity index (χ4n) is 1.78. The minimum Gasteiger partial charge on any atom is -0.482 e. The van der Waals surface area contributed by atoms with E-state index >= 15 is 0 Å². The molecule has 0 atom stereocenters. The van der Waals surface area contributed by atoms with Crippen LogP contribution in [0, 0.1) is 13.8 Å². The van der Waals surface area contributed by atoms with Crippen molar-refractivity contribution in [2.24, 2.45) is 5.73 Å². The number of carbonyl (C=O) groups is 2. The zero-order chi connectivity index (χ0) is 12.6. The van der Waals surface area contributed by atoms with Gasteiger partial charge in [0, 0.05) is 0 Å². The number of nitrogens with zero attached hydrogens (tertiary/aromatic N) is 1. The molecular formula is C12H14N2O3. The van der Waals surface area contributed by atoms with E-state index in [1.807, 2.05) is 26.0 Å². The number of aryl methyl sites for hydroxylation is 2. The molecule has 0 aromatic heterocycles. The zero-order valence-corrected chi connectivity index (χ0v) is 9.82. The molecule has 1 aromatic rings. The molecular weight excluding hydrogens is 220 g/mol. The topological polar surface area (TPSA) is 72.6 Å². The number of hydrogen-bond donors (Lipinski definition) is 1. The third-order valence-electron chi connectivity index (χ3n) is 2.83. The van der Waals surface area contributed by atoms with Crippen molar-refractivity contribution in [3.63, 3.8) is 0 Å². The molecule has 5 nitrogen and oxygen atoms in total. The third kappa shape index (κ3) is 2.08. The molecule has 5 heteroatoms. The normalized spacial score (nSPS) is 14.2. The first kappa shape index (κ1) is 11.4. The molecule has 2 N–H and O–H groups in total. The van der Waals surface area contributed by atoms with Crippen LogP contribution in [0.4, 0.5) is 5.69 Å². The lowest BCUT2D eigenvalue weighted by Crippen LogP contribution is -2.43. The number of amides is 2. The number of hydrogen-bond acceptors (Lipinski definition) is 3. The van der Waals surface area contributed by atoms with Gasteiger partial charge in [-0.25, -0.2) is 0 Å². The SMILES string of the molecule is Cc1cc2c(cc1C)N(CC(N)=O)C(=O)CO2. The Morgan fingerprint density at radius 1 is 1.41 bits per heavy atom. The summed E-state index contributed by atoms with van der Waals surface area (Å²) in [5.74, 6) is -0.169. The highest BCUT2D eigenvalue weighted by atomic mass is 16.5. The van der Waals surface area contributed by atoms with Crippen molar-refractivity contribution in [2.75, 3.05) is 18.1 Å². The second-order valence-electron chi connectivity index (χ2n) is 4.14. The van der Waals surface area contributed by atoms with Gasteiger partial charge in [-0.15, -0.1) is 0 Å². The Kier molecular flexibility index (Phi) is 2.75. The van der Waals surface area contributed by atoms with Crippen LogP contribution in [0.1, 0.15) is 11.1 Å². The van der Waals surface area contributed by atoms with Gasteiger partial charge in [0.15, 0.2) is 6.61 Å². The Hall–Kier alpha value is -2.04. The van der Waals surface area contributed by atoms with Crippen LogP contribution in [0.25, 0.3) is 0 Å². The maximum Gasteiger partial charge on any atom is 0.265 e. The lowest BCUT2D eigenvalue weighted by Gasteiger charge is -2.29. The number of ether oxygens (including phenoxy) is 1. The lowest BCUT2D eigenvalue weighted by molar-refractivity contribution is -0.124. The predicted octanol–water partition coefficient (Wildman–Crippen LogP) is 0.514. The summed E-state index contributed by atoms with van der Waals surface area (Å²) in [5.41, 5.74) is 7.87. The molecule has 0 saturated heterocycles. The largest absolute Gasteiger partial charge is 0.482 e. The molecule has 1 aromatic carbocycles. The van der Waals surface area contributed by atoms with Crippen molar-refractivity contribution in [1.29, 1.82) is 0 Å². The van der Waals surface area contributed by atoms with Crippen molar-refractivity contribution in [2.45, 2.75) is 13.8 Å². The van der Waals surface area contributed by atoms with E-state index in [0.29, 0.717) is 11.4 Å². The lowest BCUT2D eigenvalue weighted by atomic mass is 10.1. The molecule has 1 heterocycles. The van der Waals surface area contributed by atoms with E-state index in [1.54, 1.807) is 0 Å². The molecule has 0 bridgehead atoms. The van der Waals surface area contributed by atoms with Crippen molar-refractivity contribution < 1.29 is 14.3 Å². The van der Waals surface area contributed by atoms with Gasteiger partial charge in [0.25, 0.3) is 5.91 Å². The van der Waals surface area contributed by atoms with Gasteiger partial charge < -0.3 is 10.5 Å². The second-order valence-corrected chi connectivity index (χ2v) is 4.14. The van der Waals surface area contributed by atoms with Crippen molar-refractivity contribution >= 4 is 17.5 Å². The van der Waals surface area contributed by atoms with E-state index < -0.39 is 5.91 Å². The van der Waals surface area contributed by atoms with Gasteiger partial charge in [-0.3, -0.25) is 14.5 Å². The van der Waals surface area contributed by atoms with Crippen LogP contribution in [-0.4, -0.2) is 25.0 Å². The first-order chi connectivity index (χ1) is 7.99. The van der Waals surface area contributed by atoms with E-state index in [4.69, 9.17) is 10.5 Å². The van der Waals surface area contributed by atoms with E-state index in [9.17, 15) is 9.59 Å². The number of rotatable bonds is 2. The molecule has 17 heavy (non-hydrogen) atoms. The van der Waals surface area contributed by atoms with Crippen LogP contribution in [0.2, 0.25) is 0 Å². The molecule has 90 valence electrons. The number of fused-ring (bicyclic) bond motifs is 1. The Bertz CT molecular complexity index is 497. The molecule has 0 fully saturated rings. The van der Waals surface area contributed by atoms with Gasteiger partial charge in [-0.1, -0.05) is 0 Å². The number of carbonyl (C=O) groups excluding carboxylic acids is 2. The smallest absolute Gasteiger partial charge is 0.265 e. The molecule has 2 rings (SSSR count). The average molecular weight is 234 g/mol. The van der Waals surface area contributed by atoms with Gasteiger partial charge in [0.2, 0.25) is 5.91 Å². The summed E-state index contributed by atoms with van der Waals surface area (Å²) >= 11 is 0. The Labute approximate surface area is 99.2 Å². The molecule has 0 aliphatic carbocycles. The summed E-state index contributed by atoms with van der Waals surface area (Å²) in [6.45, 7) is 3.74. The van der Waals surface area contributed by atoms with E-state index in [1.165, 1.54) is 4.90 Å². The van der Waals surface area contributed by atoms with Crippen LogP contribution < -0.4 is 15.4 Å². The molecule has 1 aliphatic rings. The molecule has 0 spiro atoms. The van der Waals surface area contributed by atoms with Crippen LogP contribution in [0.5, 0.6) is 5.75 Å². The van der Waals surface area contributed by atoms with Gasteiger partial charge in [0.1, 0.15) is 12.3 Å². The Morgan fingerprint density at radius 3 is 2.71 bits per heavy atom. The quantitative estimate of drug-likeness (QED) is 0.810. The fraction of sp³-hybridized carbons (Fsp3) is 0.333. The number of nitrogens with two attached hydrogens (primary N) is 1. The van der Waals surface area contributed by atoms with Crippen molar-refractivity contribution in [3.8, 4) is 5.75 Å². The summed E-state index contributed by atoms with van der Waals surface area (Å²) in [4.78, 5) is 24.0. The standard InChI is InChI=1S/C12H14N2O3/c1-7-3-9-10(4-8(7)2)17-6-12(16)14(9)5-11(13)15/h3-4H,5-6H2,1-2H3,(H2,13,15). The summed E-state index contributed by atoms with van der Waals surface area (Å²) in [7, 11) is 0. The van der Waals surface area contributed by atoms with Crippen LogP contribution in [-0.2, 0) is 9.59 Å². The van der Waals surface area contributed by atoms with Crippen molar-refractivity contribution in [3.05, 3.63) is 23.3 Å². The number of primary amides is 1. The van der Waals surface area contributed by atoms with E-state index in [2.05, 4.69) is 0 Å². The van der Waals surface area contributed by atoms with Gasteiger partial charge >= 0.3 is 0 Å². The summed E-state index contributed by atoms with van der Waals surface area (Å²) in [6, 6.07) is 3.70. The molecule has 0 radical (unpaired) electrons.